The zero-order valence-electron chi connectivity index (χ0n) is 15.0. The van der Waals surface area contributed by atoms with Gasteiger partial charge in [0.25, 0.3) is 0 Å². The van der Waals surface area contributed by atoms with Gasteiger partial charge in [-0.25, -0.2) is 0 Å². The summed E-state index contributed by atoms with van der Waals surface area (Å²) in [4.78, 5) is 12.1. The van der Waals surface area contributed by atoms with E-state index in [1.165, 1.54) is 11.8 Å². The summed E-state index contributed by atoms with van der Waals surface area (Å²) in [5.74, 6) is 1.20. The molecule has 0 aliphatic carbocycles. The number of amides is 1. The minimum absolute atomic E-state index is 0.175. The van der Waals surface area contributed by atoms with Crippen molar-refractivity contribution in [3.63, 3.8) is 0 Å². The predicted molar refractivity (Wildman–Crippen MR) is 101 cm³/mol. The summed E-state index contributed by atoms with van der Waals surface area (Å²) in [5, 5.41) is 15.8. The molecule has 1 aromatic carbocycles. The fraction of sp³-hybridized carbons (Fsp3) is 0.333. The molecule has 1 atom stereocenters. The van der Waals surface area contributed by atoms with Crippen molar-refractivity contribution in [2.45, 2.75) is 38.4 Å². The van der Waals surface area contributed by atoms with Crippen molar-refractivity contribution >= 4 is 23.6 Å². The maximum Gasteiger partial charge on any atom is 0.237 e. The monoisotopic (exact) mass is 371 g/mol. The first-order valence-electron chi connectivity index (χ1n) is 8.44. The molecule has 2 heterocycles. The quantitative estimate of drug-likeness (QED) is 0.633. The lowest BCUT2D eigenvalue weighted by Gasteiger charge is -2.16. The third-order valence-corrected chi connectivity index (χ3v) is 4.89. The standard InChI is InChI=1S/C18H21N5O2S/c1-4-13(3)23-17(14-8-6-5-7-9-14)20-21-18(23)26-11-15(24)19-16-10-12(2)22-25-16/h5-10,13H,4,11H2,1-3H3,(H,19,24)/t13-/m1/s1. The van der Waals surface area contributed by atoms with Gasteiger partial charge in [0.15, 0.2) is 11.0 Å². The van der Waals surface area contributed by atoms with Gasteiger partial charge in [0, 0.05) is 17.7 Å². The highest BCUT2D eigenvalue weighted by atomic mass is 32.2. The Morgan fingerprint density at radius 1 is 1.31 bits per heavy atom. The lowest BCUT2D eigenvalue weighted by Crippen LogP contribution is -2.15. The van der Waals surface area contributed by atoms with Crippen LogP contribution in [0.4, 0.5) is 5.88 Å². The van der Waals surface area contributed by atoms with Crippen LogP contribution in [0.2, 0.25) is 0 Å². The van der Waals surface area contributed by atoms with Gasteiger partial charge in [0.2, 0.25) is 11.8 Å². The minimum Gasteiger partial charge on any atom is -0.338 e. The molecule has 2 aromatic heterocycles. The number of carbonyl (C=O) groups excluding carboxylic acids is 1. The molecular formula is C18H21N5O2S. The normalized spacial score (nSPS) is 12.1. The maximum absolute atomic E-state index is 12.1. The Bertz CT molecular complexity index is 875. The fourth-order valence-corrected chi connectivity index (χ4v) is 3.30. The van der Waals surface area contributed by atoms with E-state index in [-0.39, 0.29) is 17.7 Å². The summed E-state index contributed by atoms with van der Waals surface area (Å²) >= 11 is 1.36. The topological polar surface area (TPSA) is 85.8 Å². The zero-order chi connectivity index (χ0) is 18.5. The second-order valence-electron chi connectivity index (χ2n) is 5.97. The van der Waals surface area contributed by atoms with Crippen LogP contribution in [0.15, 0.2) is 46.1 Å². The molecule has 1 amide bonds. The number of rotatable bonds is 7. The van der Waals surface area contributed by atoms with Crippen molar-refractivity contribution in [1.82, 2.24) is 19.9 Å². The minimum atomic E-state index is -0.175. The number of nitrogens with one attached hydrogen (secondary N) is 1. The number of aromatic nitrogens is 4. The fourth-order valence-electron chi connectivity index (χ4n) is 2.47. The predicted octanol–water partition coefficient (Wildman–Crippen LogP) is 3.94. The van der Waals surface area contributed by atoms with Crippen molar-refractivity contribution in [1.29, 1.82) is 0 Å². The van der Waals surface area contributed by atoms with Crippen LogP contribution >= 0.6 is 11.8 Å². The van der Waals surface area contributed by atoms with Crippen molar-refractivity contribution in [2.24, 2.45) is 0 Å². The highest BCUT2D eigenvalue weighted by molar-refractivity contribution is 7.99. The molecule has 0 bridgehead atoms. The maximum atomic E-state index is 12.1. The summed E-state index contributed by atoms with van der Waals surface area (Å²) in [6, 6.07) is 11.8. The highest BCUT2D eigenvalue weighted by Crippen LogP contribution is 2.29. The van der Waals surface area contributed by atoms with Gasteiger partial charge in [0.05, 0.1) is 11.4 Å². The largest absolute Gasteiger partial charge is 0.338 e. The second-order valence-corrected chi connectivity index (χ2v) is 6.91. The van der Waals surface area contributed by atoms with Gasteiger partial charge >= 0.3 is 0 Å². The Balaban J connectivity index is 1.75. The lowest BCUT2D eigenvalue weighted by molar-refractivity contribution is -0.113. The number of hydrogen-bond acceptors (Lipinski definition) is 6. The van der Waals surface area contributed by atoms with E-state index in [2.05, 4.69) is 39.1 Å². The molecule has 0 radical (unpaired) electrons. The van der Waals surface area contributed by atoms with Gasteiger partial charge in [-0.2, -0.15) is 0 Å². The van der Waals surface area contributed by atoms with E-state index < -0.39 is 0 Å². The smallest absolute Gasteiger partial charge is 0.237 e. The van der Waals surface area contributed by atoms with Crippen LogP contribution < -0.4 is 5.32 Å². The third-order valence-electron chi connectivity index (χ3n) is 3.95. The van der Waals surface area contributed by atoms with Crippen LogP contribution in [-0.4, -0.2) is 31.6 Å². The third kappa shape index (κ3) is 4.13. The van der Waals surface area contributed by atoms with E-state index in [4.69, 9.17) is 4.52 Å². The molecule has 0 unspecified atom stereocenters. The van der Waals surface area contributed by atoms with Crippen LogP contribution in [-0.2, 0) is 4.79 Å². The number of thioether (sulfide) groups is 1. The molecular weight excluding hydrogens is 350 g/mol. The number of benzene rings is 1. The van der Waals surface area contributed by atoms with Crippen molar-refractivity contribution < 1.29 is 9.32 Å². The zero-order valence-corrected chi connectivity index (χ0v) is 15.8. The number of anilines is 1. The summed E-state index contributed by atoms with van der Waals surface area (Å²) in [5.41, 5.74) is 1.73. The summed E-state index contributed by atoms with van der Waals surface area (Å²) < 4.78 is 7.09. The van der Waals surface area contributed by atoms with Crippen LogP contribution in [0.25, 0.3) is 11.4 Å². The molecule has 7 nitrogen and oxygen atoms in total. The number of hydrogen-bond donors (Lipinski definition) is 1. The van der Waals surface area contributed by atoms with Gasteiger partial charge in [-0.15, -0.1) is 10.2 Å². The van der Waals surface area contributed by atoms with Crippen molar-refractivity contribution in [2.75, 3.05) is 11.1 Å². The first-order valence-corrected chi connectivity index (χ1v) is 9.43. The first kappa shape index (κ1) is 18.2. The van der Waals surface area contributed by atoms with E-state index in [0.29, 0.717) is 5.88 Å². The van der Waals surface area contributed by atoms with Crippen LogP contribution in [0.5, 0.6) is 0 Å². The Morgan fingerprint density at radius 3 is 2.73 bits per heavy atom. The number of carbonyl (C=O) groups is 1. The Hall–Kier alpha value is -2.61. The van der Waals surface area contributed by atoms with E-state index in [0.717, 1.165) is 28.7 Å². The average molecular weight is 371 g/mol. The Kier molecular flexibility index (Phi) is 5.72. The molecule has 0 aliphatic rings. The molecule has 0 fully saturated rings. The Morgan fingerprint density at radius 2 is 2.08 bits per heavy atom. The van der Waals surface area contributed by atoms with Crippen LogP contribution in [0.3, 0.4) is 0 Å². The molecule has 3 rings (SSSR count). The van der Waals surface area contributed by atoms with Gasteiger partial charge < -0.3 is 4.52 Å². The molecule has 26 heavy (non-hydrogen) atoms. The van der Waals surface area contributed by atoms with Crippen LogP contribution in [0.1, 0.15) is 32.0 Å². The second kappa shape index (κ2) is 8.18. The molecule has 136 valence electrons. The summed E-state index contributed by atoms with van der Waals surface area (Å²) in [6.07, 6.45) is 0.939. The van der Waals surface area contributed by atoms with Gasteiger partial charge in [-0.1, -0.05) is 54.2 Å². The van der Waals surface area contributed by atoms with Gasteiger partial charge in [0.1, 0.15) is 0 Å². The molecule has 0 spiro atoms. The SMILES string of the molecule is CC[C@@H](C)n1c(SCC(=O)Nc2cc(C)no2)nnc1-c1ccccc1. The lowest BCUT2D eigenvalue weighted by atomic mass is 10.2. The molecule has 3 aromatic rings. The van der Waals surface area contributed by atoms with E-state index in [1.807, 2.05) is 30.3 Å². The average Bonchev–Trinajstić information content (AvgIpc) is 3.26. The summed E-state index contributed by atoms with van der Waals surface area (Å²) in [6.45, 7) is 6.04. The van der Waals surface area contributed by atoms with E-state index in [1.54, 1.807) is 13.0 Å². The summed E-state index contributed by atoms with van der Waals surface area (Å²) in [7, 11) is 0. The van der Waals surface area contributed by atoms with Gasteiger partial charge in [-0.3, -0.25) is 14.7 Å². The molecule has 0 saturated carbocycles. The molecule has 0 saturated heterocycles. The number of nitrogens with zero attached hydrogens (tertiary/aromatic N) is 4. The van der Waals surface area contributed by atoms with E-state index >= 15 is 0 Å². The highest BCUT2D eigenvalue weighted by Gasteiger charge is 2.19. The molecule has 8 heteroatoms. The van der Waals surface area contributed by atoms with Crippen molar-refractivity contribution in [3.05, 3.63) is 42.1 Å². The van der Waals surface area contributed by atoms with Crippen LogP contribution in [0, 0.1) is 6.92 Å². The van der Waals surface area contributed by atoms with Gasteiger partial charge in [-0.05, 0) is 20.3 Å². The number of aryl methyl sites for hydroxylation is 1. The first-order chi connectivity index (χ1) is 12.6. The molecule has 0 aliphatic heterocycles. The van der Waals surface area contributed by atoms with Crippen molar-refractivity contribution in [3.8, 4) is 11.4 Å². The molecule has 1 N–H and O–H groups in total. The Labute approximate surface area is 156 Å². The van der Waals surface area contributed by atoms with E-state index in [9.17, 15) is 4.79 Å².